The number of fused-ring (bicyclic) bond motifs is 1. The van der Waals surface area contributed by atoms with Crippen molar-refractivity contribution in [2.75, 3.05) is 19.6 Å². The molecule has 1 fully saturated rings. The molecule has 0 saturated carbocycles. The van der Waals surface area contributed by atoms with Crippen molar-refractivity contribution in [3.63, 3.8) is 0 Å². The fraction of sp³-hybridized carbons (Fsp3) is 0.412. The van der Waals surface area contributed by atoms with Gasteiger partial charge in [-0.15, -0.1) is 0 Å². The van der Waals surface area contributed by atoms with E-state index < -0.39 is 0 Å². The topological polar surface area (TPSA) is 70.0 Å². The van der Waals surface area contributed by atoms with Crippen LogP contribution in [0.5, 0.6) is 5.75 Å². The van der Waals surface area contributed by atoms with Gasteiger partial charge >= 0.3 is 0 Å². The Morgan fingerprint density at radius 3 is 2.96 bits per heavy atom. The van der Waals surface area contributed by atoms with Crippen molar-refractivity contribution in [2.45, 2.75) is 25.3 Å². The molecular formula is C17H21N5O. The molecule has 0 unspecified atom stereocenters. The summed E-state index contributed by atoms with van der Waals surface area (Å²) in [6.45, 7) is 4.08. The highest BCUT2D eigenvalue weighted by Gasteiger charge is 2.26. The minimum atomic E-state index is 0.377. The molecule has 4 rings (SSSR count). The van der Waals surface area contributed by atoms with Gasteiger partial charge in [-0.05, 0) is 43.6 Å². The van der Waals surface area contributed by atoms with Gasteiger partial charge in [-0.25, -0.2) is 0 Å². The molecule has 0 radical (unpaired) electrons. The Labute approximate surface area is 134 Å². The number of aromatic hydroxyl groups is 1. The summed E-state index contributed by atoms with van der Waals surface area (Å²) in [6.07, 6.45) is 7.69. The average molecular weight is 311 g/mol. The third kappa shape index (κ3) is 2.82. The third-order valence-corrected chi connectivity index (χ3v) is 4.73. The van der Waals surface area contributed by atoms with Crippen molar-refractivity contribution >= 4 is 10.9 Å². The van der Waals surface area contributed by atoms with Crippen LogP contribution >= 0.6 is 0 Å². The number of aryl methyl sites for hydroxylation is 1. The second-order valence-electron chi connectivity index (χ2n) is 6.21. The lowest BCUT2D eigenvalue weighted by molar-refractivity contribution is 0.314. The quantitative estimate of drug-likeness (QED) is 0.759. The van der Waals surface area contributed by atoms with Crippen molar-refractivity contribution in [1.82, 2.24) is 24.9 Å². The molecule has 6 heteroatoms. The summed E-state index contributed by atoms with van der Waals surface area (Å²) >= 11 is 0. The lowest BCUT2D eigenvalue weighted by Gasteiger charge is -2.15. The number of phenols is 1. The SMILES string of the molecule is Oc1cccc2[nH]cc([C@H]3CCN(CCCn4nccn4)C3)c12. The van der Waals surface area contributed by atoms with Crippen molar-refractivity contribution in [2.24, 2.45) is 0 Å². The largest absolute Gasteiger partial charge is 0.507 e. The van der Waals surface area contributed by atoms with Crippen LogP contribution in [0.3, 0.4) is 0 Å². The average Bonchev–Trinajstić information content (AvgIpc) is 3.27. The lowest BCUT2D eigenvalue weighted by atomic mass is 9.97. The molecule has 3 aromatic rings. The number of rotatable bonds is 5. The molecule has 1 aliphatic heterocycles. The van der Waals surface area contributed by atoms with E-state index in [9.17, 15) is 5.11 Å². The molecular weight excluding hydrogens is 290 g/mol. The van der Waals surface area contributed by atoms with Crippen LogP contribution in [0.1, 0.15) is 24.3 Å². The van der Waals surface area contributed by atoms with Crippen LogP contribution in [0.4, 0.5) is 0 Å². The second-order valence-corrected chi connectivity index (χ2v) is 6.21. The maximum atomic E-state index is 10.2. The van der Waals surface area contributed by atoms with E-state index >= 15 is 0 Å². The first-order chi connectivity index (χ1) is 11.3. The molecule has 1 aromatic carbocycles. The Morgan fingerprint density at radius 1 is 1.22 bits per heavy atom. The zero-order valence-corrected chi connectivity index (χ0v) is 13.0. The smallest absolute Gasteiger partial charge is 0.125 e. The molecule has 0 amide bonds. The summed E-state index contributed by atoms with van der Waals surface area (Å²) in [5.74, 6) is 0.863. The van der Waals surface area contributed by atoms with E-state index in [-0.39, 0.29) is 0 Å². The van der Waals surface area contributed by atoms with E-state index in [0.717, 1.165) is 49.9 Å². The number of aromatic amines is 1. The number of aromatic nitrogens is 4. The fourth-order valence-electron chi connectivity index (χ4n) is 3.60. The molecule has 2 aromatic heterocycles. The lowest BCUT2D eigenvalue weighted by Crippen LogP contribution is -2.23. The van der Waals surface area contributed by atoms with Crippen LogP contribution in [-0.4, -0.2) is 49.6 Å². The van der Waals surface area contributed by atoms with Crippen molar-refractivity contribution < 1.29 is 5.11 Å². The number of hydrogen-bond acceptors (Lipinski definition) is 4. The molecule has 1 atom stereocenters. The Kier molecular flexibility index (Phi) is 3.75. The monoisotopic (exact) mass is 311 g/mol. The number of likely N-dealkylation sites (tertiary alicyclic amines) is 1. The maximum Gasteiger partial charge on any atom is 0.125 e. The van der Waals surface area contributed by atoms with E-state index in [1.54, 1.807) is 23.3 Å². The van der Waals surface area contributed by atoms with Crippen LogP contribution in [0.2, 0.25) is 0 Å². The molecule has 0 spiro atoms. The zero-order chi connectivity index (χ0) is 15.6. The van der Waals surface area contributed by atoms with Crippen LogP contribution in [0, 0.1) is 0 Å². The number of nitrogens with one attached hydrogen (secondary N) is 1. The predicted molar refractivity (Wildman–Crippen MR) is 88.4 cm³/mol. The molecule has 1 saturated heterocycles. The number of nitrogens with zero attached hydrogens (tertiary/aromatic N) is 4. The Balaban J connectivity index is 1.39. The highest BCUT2D eigenvalue weighted by atomic mass is 16.3. The van der Waals surface area contributed by atoms with Gasteiger partial charge in [0.2, 0.25) is 0 Å². The van der Waals surface area contributed by atoms with Gasteiger partial charge in [0.1, 0.15) is 5.75 Å². The summed E-state index contributed by atoms with van der Waals surface area (Å²) in [4.78, 5) is 7.52. The van der Waals surface area contributed by atoms with Crippen molar-refractivity contribution in [3.8, 4) is 5.75 Å². The van der Waals surface area contributed by atoms with Gasteiger partial charge in [0.25, 0.3) is 0 Å². The highest BCUT2D eigenvalue weighted by Crippen LogP contribution is 2.36. The molecule has 6 nitrogen and oxygen atoms in total. The number of phenolic OH excluding ortho intramolecular Hbond substituents is 1. The van der Waals surface area contributed by atoms with Crippen molar-refractivity contribution in [1.29, 1.82) is 0 Å². The van der Waals surface area contributed by atoms with Gasteiger partial charge in [0, 0.05) is 29.6 Å². The number of benzene rings is 1. The van der Waals surface area contributed by atoms with Gasteiger partial charge in [0.05, 0.1) is 18.9 Å². The third-order valence-electron chi connectivity index (χ3n) is 4.73. The number of hydrogen-bond donors (Lipinski definition) is 2. The molecule has 0 bridgehead atoms. The minimum absolute atomic E-state index is 0.377. The summed E-state index contributed by atoms with van der Waals surface area (Å²) in [5, 5.41) is 19.4. The molecule has 3 heterocycles. The summed E-state index contributed by atoms with van der Waals surface area (Å²) < 4.78 is 0. The normalized spacial score (nSPS) is 18.9. The van der Waals surface area contributed by atoms with E-state index in [1.807, 2.05) is 12.1 Å². The first kappa shape index (κ1) is 14.3. The number of H-pyrrole nitrogens is 1. The molecule has 120 valence electrons. The van der Waals surface area contributed by atoms with Gasteiger partial charge in [-0.3, -0.25) is 0 Å². The van der Waals surface area contributed by atoms with Crippen molar-refractivity contribution in [3.05, 3.63) is 42.4 Å². The Bertz CT molecular complexity index is 779. The molecule has 23 heavy (non-hydrogen) atoms. The van der Waals surface area contributed by atoms with Gasteiger partial charge < -0.3 is 15.0 Å². The fourth-order valence-corrected chi connectivity index (χ4v) is 3.60. The summed E-state index contributed by atoms with van der Waals surface area (Å²) in [5.41, 5.74) is 2.26. The minimum Gasteiger partial charge on any atom is -0.507 e. The summed E-state index contributed by atoms with van der Waals surface area (Å²) in [7, 11) is 0. The molecule has 0 aliphatic carbocycles. The zero-order valence-electron chi connectivity index (χ0n) is 13.0. The van der Waals surface area contributed by atoms with Gasteiger partial charge in [0.15, 0.2) is 0 Å². The van der Waals surface area contributed by atoms with E-state index in [0.29, 0.717) is 11.7 Å². The second kappa shape index (κ2) is 6.04. The van der Waals surface area contributed by atoms with Crippen LogP contribution < -0.4 is 0 Å². The molecule has 2 N–H and O–H groups in total. The van der Waals surface area contributed by atoms with Crippen LogP contribution in [0.25, 0.3) is 10.9 Å². The van der Waals surface area contributed by atoms with E-state index in [4.69, 9.17) is 0 Å². The van der Waals surface area contributed by atoms with Crippen LogP contribution in [-0.2, 0) is 6.54 Å². The first-order valence-electron chi connectivity index (χ1n) is 8.16. The summed E-state index contributed by atoms with van der Waals surface area (Å²) in [6, 6.07) is 5.66. The van der Waals surface area contributed by atoms with Gasteiger partial charge in [-0.1, -0.05) is 6.07 Å². The van der Waals surface area contributed by atoms with Gasteiger partial charge in [-0.2, -0.15) is 15.0 Å². The van der Waals surface area contributed by atoms with Crippen LogP contribution in [0.15, 0.2) is 36.8 Å². The predicted octanol–water partition coefficient (Wildman–Crippen LogP) is 2.34. The Hall–Kier alpha value is -2.34. The highest BCUT2D eigenvalue weighted by molar-refractivity contribution is 5.89. The van der Waals surface area contributed by atoms with E-state index in [2.05, 4.69) is 26.3 Å². The maximum absolute atomic E-state index is 10.2. The standard InChI is InChI=1S/C17H21N5O/c23-16-4-1-3-15-17(16)14(11-18-15)13-5-10-21(12-13)8-2-9-22-19-6-7-20-22/h1,3-4,6-7,11,13,18,23H,2,5,8-10,12H2/t13-/m0/s1. The Morgan fingerprint density at radius 2 is 2.09 bits per heavy atom. The molecule has 1 aliphatic rings. The van der Waals surface area contributed by atoms with E-state index in [1.165, 1.54) is 5.56 Å². The first-order valence-corrected chi connectivity index (χ1v) is 8.16.